The normalized spacial score (nSPS) is 13.6. The van der Waals surface area contributed by atoms with E-state index in [4.69, 9.17) is 5.73 Å². The maximum Gasteiger partial charge on any atom is 0.282 e. The van der Waals surface area contributed by atoms with Gasteiger partial charge in [0.1, 0.15) is 5.69 Å². The van der Waals surface area contributed by atoms with Crippen LogP contribution in [0.1, 0.15) is 30.2 Å². The molecule has 80 valence electrons. The average Bonchev–Trinajstić information content (AvgIpc) is 2.48. The Kier molecular flexibility index (Phi) is 3.54. The molecule has 0 fully saturated rings. The standard InChI is InChI=1S/C8H13F2N3O/c1-13-4-5(6(14)2-3-11)7(12-13)8(9)10/h4,6,8,14H,2-3,11H2,1H3. The van der Waals surface area contributed by atoms with Crippen LogP contribution >= 0.6 is 0 Å². The van der Waals surface area contributed by atoms with Crippen molar-refractivity contribution in [3.05, 3.63) is 17.5 Å². The molecule has 0 saturated heterocycles. The summed E-state index contributed by atoms with van der Waals surface area (Å²) in [6.07, 6.45) is -1.98. The maximum absolute atomic E-state index is 12.4. The van der Waals surface area contributed by atoms with Gasteiger partial charge < -0.3 is 10.8 Å². The van der Waals surface area contributed by atoms with E-state index in [9.17, 15) is 13.9 Å². The van der Waals surface area contributed by atoms with Crippen LogP contribution in [0.5, 0.6) is 0 Å². The van der Waals surface area contributed by atoms with Crippen molar-refractivity contribution in [1.29, 1.82) is 0 Å². The van der Waals surface area contributed by atoms with E-state index in [1.54, 1.807) is 0 Å². The monoisotopic (exact) mass is 205 g/mol. The fraction of sp³-hybridized carbons (Fsp3) is 0.625. The van der Waals surface area contributed by atoms with Crippen LogP contribution in [-0.2, 0) is 7.05 Å². The molecule has 0 aliphatic heterocycles. The predicted octanol–water partition coefficient (Wildman–Crippen LogP) is 0.740. The number of aryl methyl sites for hydroxylation is 1. The van der Waals surface area contributed by atoms with Crippen LogP contribution in [0.4, 0.5) is 8.78 Å². The fourth-order valence-electron chi connectivity index (χ4n) is 1.26. The number of nitrogens with two attached hydrogens (primary N) is 1. The topological polar surface area (TPSA) is 64.1 Å². The highest BCUT2D eigenvalue weighted by Crippen LogP contribution is 2.27. The lowest BCUT2D eigenvalue weighted by Crippen LogP contribution is -2.08. The van der Waals surface area contributed by atoms with Gasteiger partial charge in [-0.25, -0.2) is 8.78 Å². The number of halogens is 2. The molecule has 0 radical (unpaired) electrons. The SMILES string of the molecule is Cn1cc(C(O)CCN)c(C(F)F)n1. The molecule has 1 unspecified atom stereocenters. The minimum atomic E-state index is -2.67. The number of rotatable bonds is 4. The summed E-state index contributed by atoms with van der Waals surface area (Å²) in [7, 11) is 1.53. The minimum Gasteiger partial charge on any atom is -0.388 e. The van der Waals surface area contributed by atoms with Crippen LogP contribution in [0.2, 0.25) is 0 Å². The summed E-state index contributed by atoms with van der Waals surface area (Å²) in [6, 6.07) is 0. The summed E-state index contributed by atoms with van der Waals surface area (Å²) >= 11 is 0. The Hall–Kier alpha value is -1.01. The van der Waals surface area contributed by atoms with Crippen LogP contribution in [0.15, 0.2) is 6.20 Å². The minimum absolute atomic E-state index is 0.160. The van der Waals surface area contributed by atoms with Crippen molar-refractivity contribution in [2.75, 3.05) is 6.54 Å². The van der Waals surface area contributed by atoms with E-state index in [2.05, 4.69) is 5.10 Å². The molecule has 0 aliphatic rings. The third-order valence-electron chi connectivity index (χ3n) is 1.89. The van der Waals surface area contributed by atoms with E-state index < -0.39 is 12.5 Å². The summed E-state index contributed by atoms with van der Waals surface area (Å²) in [5, 5.41) is 13.1. The number of alkyl halides is 2. The predicted molar refractivity (Wildman–Crippen MR) is 46.8 cm³/mol. The van der Waals surface area contributed by atoms with Gasteiger partial charge in [-0.05, 0) is 13.0 Å². The van der Waals surface area contributed by atoms with E-state index in [0.29, 0.717) is 0 Å². The smallest absolute Gasteiger partial charge is 0.282 e. The van der Waals surface area contributed by atoms with Crippen LogP contribution in [0, 0.1) is 0 Å². The number of hydrogen-bond donors (Lipinski definition) is 2. The Balaban J connectivity index is 2.94. The largest absolute Gasteiger partial charge is 0.388 e. The van der Waals surface area contributed by atoms with Gasteiger partial charge in [-0.3, -0.25) is 4.68 Å². The molecule has 0 bridgehead atoms. The van der Waals surface area contributed by atoms with Gasteiger partial charge >= 0.3 is 0 Å². The van der Waals surface area contributed by atoms with E-state index in [1.807, 2.05) is 0 Å². The molecule has 1 aromatic heterocycles. The average molecular weight is 205 g/mol. The number of aromatic nitrogens is 2. The van der Waals surface area contributed by atoms with Crippen LogP contribution in [0.3, 0.4) is 0 Å². The molecule has 0 spiro atoms. The third-order valence-corrected chi connectivity index (χ3v) is 1.89. The molecule has 4 nitrogen and oxygen atoms in total. The number of aliphatic hydroxyl groups is 1. The second-order valence-electron chi connectivity index (χ2n) is 3.04. The molecule has 0 amide bonds. The fourth-order valence-corrected chi connectivity index (χ4v) is 1.26. The Morgan fingerprint density at radius 2 is 2.29 bits per heavy atom. The summed E-state index contributed by atoms with van der Waals surface area (Å²) in [5.41, 5.74) is 5.02. The molecule has 0 saturated carbocycles. The zero-order valence-corrected chi connectivity index (χ0v) is 7.82. The maximum atomic E-state index is 12.4. The van der Waals surface area contributed by atoms with Crippen molar-refractivity contribution < 1.29 is 13.9 Å². The first kappa shape index (κ1) is 11.1. The molecule has 1 atom stereocenters. The van der Waals surface area contributed by atoms with E-state index in [0.717, 1.165) is 0 Å². The first-order chi connectivity index (χ1) is 6.56. The van der Waals surface area contributed by atoms with Crippen molar-refractivity contribution in [2.45, 2.75) is 19.0 Å². The van der Waals surface area contributed by atoms with Gasteiger partial charge in [-0.1, -0.05) is 0 Å². The van der Waals surface area contributed by atoms with E-state index in [1.165, 1.54) is 17.9 Å². The second kappa shape index (κ2) is 4.47. The van der Waals surface area contributed by atoms with Crippen LogP contribution < -0.4 is 5.73 Å². The highest BCUT2D eigenvalue weighted by Gasteiger charge is 2.21. The zero-order valence-electron chi connectivity index (χ0n) is 7.82. The van der Waals surface area contributed by atoms with Crippen molar-refractivity contribution in [3.63, 3.8) is 0 Å². The van der Waals surface area contributed by atoms with E-state index in [-0.39, 0.29) is 24.2 Å². The highest BCUT2D eigenvalue weighted by atomic mass is 19.3. The molecule has 14 heavy (non-hydrogen) atoms. The molecule has 6 heteroatoms. The Bertz CT molecular complexity index is 301. The van der Waals surface area contributed by atoms with Crippen molar-refractivity contribution in [2.24, 2.45) is 12.8 Å². The van der Waals surface area contributed by atoms with Crippen LogP contribution in [-0.4, -0.2) is 21.4 Å². The molecule has 0 aliphatic carbocycles. The van der Waals surface area contributed by atoms with Gasteiger partial charge in [0.2, 0.25) is 0 Å². The van der Waals surface area contributed by atoms with Gasteiger partial charge in [0.05, 0.1) is 6.10 Å². The third kappa shape index (κ3) is 2.27. The quantitative estimate of drug-likeness (QED) is 0.762. The summed E-state index contributed by atoms with van der Waals surface area (Å²) < 4.78 is 26.1. The van der Waals surface area contributed by atoms with Crippen LogP contribution in [0.25, 0.3) is 0 Å². The molecule has 0 aromatic carbocycles. The van der Waals surface area contributed by atoms with Gasteiger partial charge in [0, 0.05) is 18.8 Å². The van der Waals surface area contributed by atoms with Gasteiger partial charge in [-0.15, -0.1) is 0 Å². The highest BCUT2D eigenvalue weighted by molar-refractivity contribution is 5.20. The molecule has 3 N–H and O–H groups in total. The lowest BCUT2D eigenvalue weighted by atomic mass is 10.1. The first-order valence-corrected chi connectivity index (χ1v) is 4.26. The summed E-state index contributed by atoms with van der Waals surface area (Å²) in [5.74, 6) is 0. The number of hydrogen-bond acceptors (Lipinski definition) is 3. The second-order valence-corrected chi connectivity index (χ2v) is 3.04. The van der Waals surface area contributed by atoms with Gasteiger partial charge in [0.15, 0.2) is 0 Å². The lowest BCUT2D eigenvalue weighted by Gasteiger charge is -2.08. The molecule has 1 heterocycles. The van der Waals surface area contributed by atoms with Crippen molar-refractivity contribution in [3.8, 4) is 0 Å². The van der Waals surface area contributed by atoms with Gasteiger partial charge in [-0.2, -0.15) is 5.10 Å². The number of aliphatic hydroxyl groups excluding tert-OH is 1. The lowest BCUT2D eigenvalue weighted by molar-refractivity contribution is 0.130. The Morgan fingerprint density at radius 1 is 1.64 bits per heavy atom. The zero-order chi connectivity index (χ0) is 10.7. The van der Waals surface area contributed by atoms with E-state index >= 15 is 0 Å². The molecular weight excluding hydrogens is 192 g/mol. The molecular formula is C8H13F2N3O. The van der Waals surface area contributed by atoms with Crippen molar-refractivity contribution >= 4 is 0 Å². The Labute approximate surface area is 80.3 Å². The molecule has 1 aromatic rings. The first-order valence-electron chi connectivity index (χ1n) is 4.26. The number of nitrogens with zero attached hydrogens (tertiary/aromatic N) is 2. The summed E-state index contributed by atoms with van der Waals surface area (Å²) in [4.78, 5) is 0. The molecule has 1 rings (SSSR count). The van der Waals surface area contributed by atoms with Crippen molar-refractivity contribution in [1.82, 2.24) is 9.78 Å². The van der Waals surface area contributed by atoms with Gasteiger partial charge in [0.25, 0.3) is 6.43 Å². The Morgan fingerprint density at radius 3 is 2.79 bits per heavy atom. The summed E-state index contributed by atoms with van der Waals surface area (Å²) in [6.45, 7) is 0.249.